The summed E-state index contributed by atoms with van der Waals surface area (Å²) in [6, 6.07) is 12.5. The largest absolute Gasteiger partial charge is 0.489 e. The van der Waals surface area contributed by atoms with Gasteiger partial charge in [-0.25, -0.2) is 0 Å². The van der Waals surface area contributed by atoms with Crippen LogP contribution in [0.5, 0.6) is 5.75 Å². The molecule has 1 heterocycles. The molecule has 0 spiro atoms. The highest BCUT2D eigenvalue weighted by Crippen LogP contribution is 2.31. The molecule has 2 aromatic carbocycles. The quantitative estimate of drug-likeness (QED) is 0.642. The number of anilines is 1. The molecule has 0 fully saturated rings. The van der Waals surface area contributed by atoms with Crippen LogP contribution in [-0.4, -0.2) is 17.0 Å². The standard InChI is InChI=1S/C18H16Cl2N2O2/c1-10(2)24-15-6-4-3-5-14(15)22-18(23)17-16(20)12-9-11(19)7-8-13(12)21-17/h3-10,21H,1-2H3,(H,22,23). The van der Waals surface area contributed by atoms with Gasteiger partial charge in [0, 0.05) is 15.9 Å². The highest BCUT2D eigenvalue weighted by molar-refractivity contribution is 6.40. The smallest absolute Gasteiger partial charge is 0.273 e. The molecule has 124 valence electrons. The molecule has 6 heteroatoms. The minimum atomic E-state index is -0.341. The summed E-state index contributed by atoms with van der Waals surface area (Å²) in [4.78, 5) is 15.6. The van der Waals surface area contributed by atoms with Gasteiger partial charge in [0.25, 0.3) is 5.91 Å². The summed E-state index contributed by atoms with van der Waals surface area (Å²) in [7, 11) is 0. The third-order valence-electron chi connectivity index (χ3n) is 3.42. The maximum Gasteiger partial charge on any atom is 0.273 e. The minimum absolute atomic E-state index is 0.00172. The SMILES string of the molecule is CC(C)Oc1ccccc1NC(=O)c1[nH]c2ccc(Cl)cc2c1Cl. The lowest BCUT2D eigenvalue weighted by Gasteiger charge is -2.14. The zero-order valence-electron chi connectivity index (χ0n) is 13.2. The Labute approximate surface area is 149 Å². The first kappa shape index (κ1) is 16.7. The lowest BCUT2D eigenvalue weighted by Crippen LogP contribution is -2.15. The maximum absolute atomic E-state index is 12.6. The number of aromatic amines is 1. The van der Waals surface area contributed by atoms with Crippen LogP contribution < -0.4 is 10.1 Å². The predicted molar refractivity (Wildman–Crippen MR) is 98.5 cm³/mol. The van der Waals surface area contributed by atoms with Gasteiger partial charge >= 0.3 is 0 Å². The molecule has 0 saturated heterocycles. The van der Waals surface area contributed by atoms with Crippen molar-refractivity contribution < 1.29 is 9.53 Å². The third-order valence-corrected chi connectivity index (χ3v) is 4.05. The molecule has 0 aliphatic carbocycles. The van der Waals surface area contributed by atoms with Gasteiger partial charge < -0.3 is 15.0 Å². The number of amides is 1. The van der Waals surface area contributed by atoms with Crippen LogP contribution in [0.15, 0.2) is 42.5 Å². The average molecular weight is 363 g/mol. The normalized spacial score (nSPS) is 11.0. The van der Waals surface area contributed by atoms with Crippen LogP contribution in [-0.2, 0) is 0 Å². The van der Waals surface area contributed by atoms with E-state index in [4.69, 9.17) is 27.9 Å². The van der Waals surface area contributed by atoms with E-state index in [1.165, 1.54) is 0 Å². The van der Waals surface area contributed by atoms with E-state index < -0.39 is 0 Å². The number of rotatable bonds is 4. The van der Waals surface area contributed by atoms with Crippen molar-refractivity contribution in [2.45, 2.75) is 20.0 Å². The molecule has 0 aliphatic heterocycles. The number of carbonyl (C=O) groups excluding carboxylic acids is 1. The van der Waals surface area contributed by atoms with Gasteiger partial charge in [0.2, 0.25) is 0 Å². The second kappa shape index (κ2) is 6.75. The van der Waals surface area contributed by atoms with E-state index in [1.54, 1.807) is 24.3 Å². The number of carbonyl (C=O) groups is 1. The van der Waals surface area contributed by atoms with E-state index in [1.807, 2.05) is 32.0 Å². The van der Waals surface area contributed by atoms with E-state index in [0.717, 1.165) is 5.52 Å². The Morgan fingerprint density at radius 3 is 2.67 bits per heavy atom. The van der Waals surface area contributed by atoms with Crippen LogP contribution in [0.1, 0.15) is 24.3 Å². The highest BCUT2D eigenvalue weighted by Gasteiger charge is 2.18. The van der Waals surface area contributed by atoms with Crippen molar-refractivity contribution in [3.05, 3.63) is 58.2 Å². The molecule has 4 nitrogen and oxygen atoms in total. The molecule has 1 aromatic heterocycles. The zero-order chi connectivity index (χ0) is 17.3. The van der Waals surface area contributed by atoms with Gasteiger partial charge in [0.15, 0.2) is 0 Å². The number of hydrogen-bond acceptors (Lipinski definition) is 2. The van der Waals surface area contributed by atoms with Gasteiger partial charge in [-0.2, -0.15) is 0 Å². The number of aromatic nitrogens is 1. The van der Waals surface area contributed by atoms with Crippen molar-refractivity contribution in [3.8, 4) is 5.75 Å². The van der Waals surface area contributed by atoms with Crippen LogP contribution in [0.4, 0.5) is 5.69 Å². The number of H-pyrrole nitrogens is 1. The Morgan fingerprint density at radius 1 is 1.17 bits per heavy atom. The van der Waals surface area contributed by atoms with Crippen LogP contribution in [0.3, 0.4) is 0 Å². The van der Waals surface area contributed by atoms with Gasteiger partial charge in [0.1, 0.15) is 11.4 Å². The van der Waals surface area contributed by atoms with Crippen molar-refractivity contribution in [3.63, 3.8) is 0 Å². The summed E-state index contributed by atoms with van der Waals surface area (Å²) in [5, 5.41) is 4.45. The molecule has 1 amide bonds. The average Bonchev–Trinajstić information content (AvgIpc) is 2.85. The summed E-state index contributed by atoms with van der Waals surface area (Å²) in [5.41, 5.74) is 1.62. The summed E-state index contributed by atoms with van der Waals surface area (Å²) in [6.45, 7) is 3.85. The van der Waals surface area contributed by atoms with Crippen LogP contribution in [0, 0.1) is 0 Å². The number of fused-ring (bicyclic) bond motifs is 1. The van der Waals surface area contributed by atoms with Crippen molar-refractivity contribution >= 4 is 45.7 Å². The van der Waals surface area contributed by atoms with Gasteiger partial charge in [-0.1, -0.05) is 35.3 Å². The molecular formula is C18H16Cl2N2O2. The molecule has 3 aromatic rings. The first-order valence-electron chi connectivity index (χ1n) is 7.49. The monoisotopic (exact) mass is 362 g/mol. The van der Waals surface area contributed by atoms with Crippen molar-refractivity contribution in [1.82, 2.24) is 4.98 Å². The summed E-state index contributed by atoms with van der Waals surface area (Å²) >= 11 is 12.3. The molecule has 0 atom stereocenters. The molecule has 0 radical (unpaired) electrons. The number of para-hydroxylation sites is 2. The van der Waals surface area contributed by atoms with Gasteiger partial charge in [-0.3, -0.25) is 4.79 Å². The Morgan fingerprint density at radius 2 is 1.92 bits per heavy atom. The lowest BCUT2D eigenvalue weighted by atomic mass is 10.2. The van der Waals surface area contributed by atoms with Crippen LogP contribution >= 0.6 is 23.2 Å². The number of benzene rings is 2. The Bertz CT molecular complexity index is 903. The highest BCUT2D eigenvalue weighted by atomic mass is 35.5. The molecule has 0 unspecified atom stereocenters. The molecule has 2 N–H and O–H groups in total. The maximum atomic E-state index is 12.6. The Balaban J connectivity index is 1.92. The fourth-order valence-corrected chi connectivity index (χ4v) is 2.86. The van der Waals surface area contributed by atoms with Crippen molar-refractivity contribution in [1.29, 1.82) is 0 Å². The van der Waals surface area contributed by atoms with Crippen LogP contribution in [0.2, 0.25) is 10.0 Å². The Kier molecular flexibility index (Phi) is 4.69. The first-order valence-corrected chi connectivity index (χ1v) is 8.25. The second-order valence-corrected chi connectivity index (χ2v) is 6.44. The summed E-state index contributed by atoms with van der Waals surface area (Å²) < 4.78 is 5.71. The van der Waals surface area contributed by atoms with Crippen LogP contribution in [0.25, 0.3) is 10.9 Å². The third kappa shape index (κ3) is 3.35. The predicted octanol–water partition coefficient (Wildman–Crippen LogP) is 5.51. The molecule has 24 heavy (non-hydrogen) atoms. The zero-order valence-corrected chi connectivity index (χ0v) is 14.7. The topological polar surface area (TPSA) is 54.1 Å². The fourth-order valence-electron chi connectivity index (χ4n) is 2.40. The fraction of sp³-hybridized carbons (Fsp3) is 0.167. The first-order chi connectivity index (χ1) is 11.5. The summed E-state index contributed by atoms with van der Waals surface area (Å²) in [6.07, 6.45) is 0.00172. The molecular weight excluding hydrogens is 347 g/mol. The molecule has 0 bridgehead atoms. The van der Waals surface area contributed by atoms with E-state index in [-0.39, 0.29) is 17.7 Å². The van der Waals surface area contributed by atoms with E-state index in [0.29, 0.717) is 26.9 Å². The summed E-state index contributed by atoms with van der Waals surface area (Å²) in [5.74, 6) is 0.267. The van der Waals surface area contributed by atoms with Crippen molar-refractivity contribution in [2.75, 3.05) is 5.32 Å². The molecule has 3 rings (SSSR count). The second-order valence-electron chi connectivity index (χ2n) is 5.62. The van der Waals surface area contributed by atoms with E-state index in [2.05, 4.69) is 10.3 Å². The van der Waals surface area contributed by atoms with Gasteiger partial charge in [0.05, 0.1) is 16.8 Å². The molecule has 0 aliphatic rings. The number of nitrogens with one attached hydrogen (secondary N) is 2. The number of ether oxygens (including phenoxy) is 1. The lowest BCUT2D eigenvalue weighted by molar-refractivity contribution is 0.102. The number of hydrogen-bond donors (Lipinski definition) is 2. The number of halogens is 2. The van der Waals surface area contributed by atoms with Crippen molar-refractivity contribution in [2.24, 2.45) is 0 Å². The molecule has 0 saturated carbocycles. The van der Waals surface area contributed by atoms with Gasteiger partial charge in [-0.15, -0.1) is 0 Å². The van der Waals surface area contributed by atoms with E-state index >= 15 is 0 Å². The minimum Gasteiger partial charge on any atom is -0.489 e. The van der Waals surface area contributed by atoms with E-state index in [9.17, 15) is 4.79 Å². The van der Waals surface area contributed by atoms with Gasteiger partial charge in [-0.05, 0) is 44.2 Å². The Hall–Kier alpha value is -2.17.